The molecule has 0 atom stereocenters. The minimum Gasteiger partial charge on any atom is -0.478 e. The summed E-state index contributed by atoms with van der Waals surface area (Å²) in [5.74, 6) is 2.07. The summed E-state index contributed by atoms with van der Waals surface area (Å²) >= 11 is 4.16. The highest BCUT2D eigenvalue weighted by atomic mass is 32.1. The lowest BCUT2D eigenvalue weighted by atomic mass is 10.1. The molecule has 0 fully saturated rings. The van der Waals surface area contributed by atoms with Gasteiger partial charge < -0.3 is 5.11 Å². The summed E-state index contributed by atoms with van der Waals surface area (Å²) in [6.07, 6.45) is 0. The summed E-state index contributed by atoms with van der Waals surface area (Å²) in [4.78, 5) is 11.5. The molecule has 0 bridgehead atoms. The van der Waals surface area contributed by atoms with Crippen LogP contribution in [-0.2, 0) is 0 Å². The van der Waals surface area contributed by atoms with Gasteiger partial charge in [0.1, 0.15) is 8.07 Å². The normalized spacial score (nSPS) is 10.5. The average molecular weight is 250 g/mol. The first-order valence-corrected chi connectivity index (χ1v) is 8.83. The van der Waals surface area contributed by atoms with Gasteiger partial charge >= 0.3 is 5.97 Å². The molecular formula is C12H14O2SSi. The maximum absolute atomic E-state index is 10.8. The van der Waals surface area contributed by atoms with Crippen molar-refractivity contribution in [3.8, 4) is 11.5 Å². The molecule has 0 amide bonds. The minimum absolute atomic E-state index is 0.229. The molecule has 0 aromatic heterocycles. The number of carbonyl (C=O) groups is 1. The van der Waals surface area contributed by atoms with Crippen LogP contribution in [0.4, 0.5) is 0 Å². The fraction of sp³-hybridized carbons (Fsp3) is 0.250. The Hall–Kier alpha value is -1.18. The van der Waals surface area contributed by atoms with Crippen molar-refractivity contribution in [3.63, 3.8) is 0 Å². The van der Waals surface area contributed by atoms with Crippen LogP contribution in [0.1, 0.15) is 15.9 Å². The predicted octanol–water partition coefficient (Wildman–Crippen LogP) is 2.90. The third kappa shape index (κ3) is 4.13. The highest BCUT2D eigenvalue weighted by molar-refractivity contribution is 7.80. The van der Waals surface area contributed by atoms with E-state index in [-0.39, 0.29) is 5.56 Å². The largest absolute Gasteiger partial charge is 0.478 e. The molecule has 2 nitrogen and oxygen atoms in total. The maximum Gasteiger partial charge on any atom is 0.335 e. The highest BCUT2D eigenvalue weighted by Gasteiger charge is 2.08. The Bertz CT molecular complexity index is 478. The SMILES string of the molecule is C[Si](C)(C)C#Cc1cc(S)cc(C(=O)O)c1. The molecule has 0 radical (unpaired) electrons. The molecule has 0 unspecified atom stereocenters. The van der Waals surface area contributed by atoms with Crippen LogP contribution in [-0.4, -0.2) is 19.1 Å². The van der Waals surface area contributed by atoms with Crippen molar-refractivity contribution < 1.29 is 9.90 Å². The van der Waals surface area contributed by atoms with Gasteiger partial charge in [-0.3, -0.25) is 0 Å². The van der Waals surface area contributed by atoms with Crippen LogP contribution in [0.25, 0.3) is 0 Å². The van der Waals surface area contributed by atoms with Gasteiger partial charge in [-0.1, -0.05) is 25.6 Å². The highest BCUT2D eigenvalue weighted by Crippen LogP contribution is 2.13. The number of aromatic carboxylic acids is 1. The van der Waals surface area contributed by atoms with Crippen LogP contribution in [0.3, 0.4) is 0 Å². The van der Waals surface area contributed by atoms with E-state index in [4.69, 9.17) is 5.11 Å². The van der Waals surface area contributed by atoms with Gasteiger partial charge in [0.2, 0.25) is 0 Å². The van der Waals surface area contributed by atoms with Gasteiger partial charge in [0.25, 0.3) is 0 Å². The summed E-state index contributed by atoms with van der Waals surface area (Å²) in [6.45, 7) is 6.42. The maximum atomic E-state index is 10.8. The third-order valence-electron chi connectivity index (χ3n) is 1.75. The molecule has 1 N–H and O–H groups in total. The number of carboxylic acid groups (broad SMARTS) is 1. The quantitative estimate of drug-likeness (QED) is 0.457. The van der Waals surface area contributed by atoms with Crippen LogP contribution in [0.2, 0.25) is 19.6 Å². The molecule has 4 heteroatoms. The van der Waals surface area contributed by atoms with E-state index in [0.29, 0.717) is 10.5 Å². The molecule has 84 valence electrons. The summed E-state index contributed by atoms with van der Waals surface area (Å²) in [6, 6.07) is 4.88. The Morgan fingerprint density at radius 3 is 2.44 bits per heavy atom. The predicted molar refractivity (Wildman–Crippen MR) is 70.9 cm³/mol. The van der Waals surface area contributed by atoms with E-state index in [1.54, 1.807) is 12.1 Å². The van der Waals surface area contributed by atoms with Crippen LogP contribution >= 0.6 is 12.6 Å². The van der Waals surface area contributed by atoms with E-state index >= 15 is 0 Å². The van der Waals surface area contributed by atoms with Gasteiger partial charge in [-0.25, -0.2) is 4.79 Å². The van der Waals surface area contributed by atoms with Gasteiger partial charge in [0, 0.05) is 10.5 Å². The van der Waals surface area contributed by atoms with Gasteiger partial charge in [-0.15, -0.1) is 18.2 Å². The smallest absolute Gasteiger partial charge is 0.335 e. The molecule has 0 spiro atoms. The standard InChI is InChI=1S/C12H14O2SSi/c1-16(2,3)5-4-9-6-10(12(13)14)8-11(15)7-9/h6-8,15H,1-3H3,(H,13,14). The molecule has 0 saturated carbocycles. The number of carboxylic acids is 1. The fourth-order valence-corrected chi connectivity index (χ4v) is 1.86. The second kappa shape index (κ2) is 4.77. The molecule has 0 heterocycles. The van der Waals surface area contributed by atoms with Crippen LogP contribution < -0.4 is 0 Å². The Morgan fingerprint density at radius 2 is 1.94 bits per heavy atom. The third-order valence-corrected chi connectivity index (χ3v) is 2.88. The van der Waals surface area contributed by atoms with Crippen molar-refractivity contribution in [3.05, 3.63) is 29.3 Å². The van der Waals surface area contributed by atoms with E-state index in [1.165, 1.54) is 6.07 Å². The Labute approximate surface area is 102 Å². The van der Waals surface area contributed by atoms with Crippen LogP contribution in [0.5, 0.6) is 0 Å². The van der Waals surface area contributed by atoms with Crippen LogP contribution in [0, 0.1) is 11.5 Å². The lowest BCUT2D eigenvalue weighted by molar-refractivity contribution is 0.0696. The van der Waals surface area contributed by atoms with Crippen molar-refractivity contribution >= 4 is 26.7 Å². The molecule has 1 rings (SSSR count). The van der Waals surface area contributed by atoms with Crippen molar-refractivity contribution in [2.24, 2.45) is 0 Å². The Morgan fingerprint density at radius 1 is 1.31 bits per heavy atom. The van der Waals surface area contributed by atoms with E-state index in [0.717, 1.165) is 0 Å². The molecule has 0 aliphatic carbocycles. The lowest BCUT2D eigenvalue weighted by Gasteiger charge is -2.04. The molecule has 1 aromatic carbocycles. The Kier molecular flexibility index (Phi) is 3.84. The average Bonchev–Trinajstić information content (AvgIpc) is 2.13. The summed E-state index contributed by atoms with van der Waals surface area (Å²) in [5.41, 5.74) is 4.14. The number of rotatable bonds is 1. The van der Waals surface area contributed by atoms with Crippen molar-refractivity contribution in [1.82, 2.24) is 0 Å². The van der Waals surface area contributed by atoms with Crippen molar-refractivity contribution in [2.45, 2.75) is 24.5 Å². The van der Waals surface area contributed by atoms with E-state index in [2.05, 4.69) is 43.7 Å². The summed E-state index contributed by atoms with van der Waals surface area (Å²) in [7, 11) is -1.44. The van der Waals surface area contributed by atoms with Crippen LogP contribution in [0.15, 0.2) is 23.1 Å². The second-order valence-electron chi connectivity index (χ2n) is 4.57. The van der Waals surface area contributed by atoms with E-state index < -0.39 is 14.0 Å². The number of benzene rings is 1. The first kappa shape index (κ1) is 12.9. The minimum atomic E-state index is -1.44. The molecule has 16 heavy (non-hydrogen) atoms. The zero-order chi connectivity index (χ0) is 12.3. The summed E-state index contributed by atoms with van der Waals surface area (Å²) < 4.78 is 0. The molecule has 0 aliphatic rings. The Balaban J connectivity index is 3.14. The second-order valence-corrected chi connectivity index (χ2v) is 9.84. The number of hydrogen-bond acceptors (Lipinski definition) is 2. The first-order valence-electron chi connectivity index (χ1n) is 4.88. The van der Waals surface area contributed by atoms with Gasteiger partial charge in [-0.05, 0) is 18.2 Å². The molecule has 1 aromatic rings. The zero-order valence-corrected chi connectivity index (χ0v) is 11.4. The molecule has 0 saturated heterocycles. The topological polar surface area (TPSA) is 37.3 Å². The monoisotopic (exact) mass is 250 g/mol. The zero-order valence-electron chi connectivity index (χ0n) is 9.53. The molecule has 0 aliphatic heterocycles. The van der Waals surface area contributed by atoms with Gasteiger partial charge in [0.05, 0.1) is 5.56 Å². The van der Waals surface area contributed by atoms with Crippen molar-refractivity contribution in [1.29, 1.82) is 0 Å². The fourth-order valence-electron chi connectivity index (χ4n) is 1.07. The number of thiol groups is 1. The lowest BCUT2D eigenvalue weighted by Crippen LogP contribution is -2.16. The van der Waals surface area contributed by atoms with Gasteiger partial charge in [-0.2, -0.15) is 0 Å². The first-order chi connectivity index (χ1) is 7.28. The summed E-state index contributed by atoms with van der Waals surface area (Å²) in [5, 5.41) is 8.89. The van der Waals surface area contributed by atoms with E-state index in [1.807, 2.05) is 0 Å². The van der Waals surface area contributed by atoms with E-state index in [9.17, 15) is 4.79 Å². The number of hydrogen-bond donors (Lipinski definition) is 2. The van der Waals surface area contributed by atoms with Gasteiger partial charge in [0.15, 0.2) is 0 Å². The molecular weight excluding hydrogens is 236 g/mol. The van der Waals surface area contributed by atoms with Crippen molar-refractivity contribution in [2.75, 3.05) is 0 Å².